The van der Waals surface area contributed by atoms with Gasteiger partial charge in [0, 0.05) is 18.8 Å². The summed E-state index contributed by atoms with van der Waals surface area (Å²) in [7, 11) is 1.68. The zero-order valence-corrected chi connectivity index (χ0v) is 15.2. The van der Waals surface area contributed by atoms with Crippen molar-refractivity contribution < 1.29 is 9.18 Å². The predicted molar refractivity (Wildman–Crippen MR) is 99.4 cm³/mol. The van der Waals surface area contributed by atoms with Crippen molar-refractivity contribution in [1.82, 2.24) is 14.6 Å². The minimum absolute atomic E-state index is 0.0370. The number of nitrogens with one attached hydrogen (secondary N) is 1. The van der Waals surface area contributed by atoms with Gasteiger partial charge in [0.1, 0.15) is 5.82 Å². The third-order valence-electron chi connectivity index (χ3n) is 3.65. The molecule has 0 spiro atoms. The number of halogens is 1. The molecule has 3 aromatic rings. The monoisotopic (exact) mass is 375 g/mol. The fourth-order valence-corrected chi connectivity index (χ4v) is 3.31. The Bertz CT molecular complexity index is 1000. The molecule has 0 saturated heterocycles. The van der Waals surface area contributed by atoms with Crippen LogP contribution in [0.25, 0.3) is 4.96 Å². The summed E-state index contributed by atoms with van der Waals surface area (Å²) in [5, 5.41) is 7.22. The molecule has 3 rings (SSSR count). The molecule has 0 fully saturated rings. The molecule has 136 valence electrons. The standard InChI is InChI=1S/C17H18FN5O2S/c1-3-6-11-9-15(25)23-16(19-11)26-17(21-23)22(2)10-14(24)20-13-8-5-4-7-12(13)18/h4-5,7-9H,3,6,10H2,1-2H3,(H,20,24). The predicted octanol–water partition coefficient (Wildman–Crippen LogP) is 2.32. The van der Waals surface area contributed by atoms with E-state index in [1.165, 1.54) is 34.1 Å². The van der Waals surface area contributed by atoms with Crippen LogP contribution >= 0.6 is 11.3 Å². The van der Waals surface area contributed by atoms with E-state index in [2.05, 4.69) is 15.4 Å². The number of aromatic nitrogens is 3. The molecule has 1 amide bonds. The second kappa shape index (κ2) is 7.61. The van der Waals surface area contributed by atoms with Gasteiger partial charge >= 0.3 is 0 Å². The molecule has 1 aromatic carbocycles. The van der Waals surface area contributed by atoms with E-state index in [4.69, 9.17) is 0 Å². The van der Waals surface area contributed by atoms with Crippen molar-refractivity contribution in [3.05, 3.63) is 52.2 Å². The number of anilines is 2. The van der Waals surface area contributed by atoms with Crippen molar-refractivity contribution in [2.45, 2.75) is 19.8 Å². The van der Waals surface area contributed by atoms with E-state index in [-0.39, 0.29) is 23.7 Å². The normalized spacial score (nSPS) is 10.9. The maximum Gasteiger partial charge on any atom is 0.275 e. The first-order valence-electron chi connectivity index (χ1n) is 8.13. The lowest BCUT2D eigenvalue weighted by atomic mass is 10.2. The van der Waals surface area contributed by atoms with Crippen LogP contribution in [0.15, 0.2) is 35.1 Å². The van der Waals surface area contributed by atoms with E-state index in [0.717, 1.165) is 18.5 Å². The maximum atomic E-state index is 13.6. The molecule has 9 heteroatoms. The summed E-state index contributed by atoms with van der Waals surface area (Å²) in [5.74, 6) is -0.883. The smallest absolute Gasteiger partial charge is 0.275 e. The Balaban J connectivity index is 1.76. The van der Waals surface area contributed by atoms with Gasteiger partial charge in [0.25, 0.3) is 5.56 Å². The Morgan fingerprint density at radius 3 is 2.88 bits per heavy atom. The second-order valence-corrected chi connectivity index (χ2v) is 6.73. The highest BCUT2D eigenvalue weighted by Gasteiger charge is 2.15. The van der Waals surface area contributed by atoms with Gasteiger partial charge in [-0.2, -0.15) is 4.52 Å². The first-order chi connectivity index (χ1) is 12.5. The number of carbonyl (C=O) groups is 1. The van der Waals surface area contributed by atoms with E-state index >= 15 is 0 Å². The number of aryl methyl sites for hydroxylation is 1. The van der Waals surface area contributed by atoms with Crippen LogP contribution in [0.2, 0.25) is 0 Å². The van der Waals surface area contributed by atoms with Crippen LogP contribution < -0.4 is 15.8 Å². The number of para-hydroxylation sites is 1. The van der Waals surface area contributed by atoms with E-state index in [1.54, 1.807) is 24.1 Å². The Morgan fingerprint density at radius 2 is 2.15 bits per heavy atom. The van der Waals surface area contributed by atoms with Crippen molar-refractivity contribution in [3.8, 4) is 0 Å². The summed E-state index contributed by atoms with van der Waals surface area (Å²) in [6, 6.07) is 7.44. The van der Waals surface area contributed by atoms with Crippen LogP contribution in [0.3, 0.4) is 0 Å². The molecule has 0 saturated carbocycles. The zero-order chi connectivity index (χ0) is 18.7. The van der Waals surface area contributed by atoms with Crippen LogP contribution in [0.4, 0.5) is 15.2 Å². The van der Waals surface area contributed by atoms with Crippen LogP contribution in [0.5, 0.6) is 0 Å². The number of benzene rings is 1. The molecule has 0 bridgehead atoms. The van der Waals surface area contributed by atoms with Gasteiger partial charge in [-0.1, -0.05) is 36.8 Å². The fourth-order valence-electron chi connectivity index (χ4n) is 2.42. The van der Waals surface area contributed by atoms with Gasteiger partial charge in [-0.3, -0.25) is 9.59 Å². The average molecular weight is 375 g/mol. The Morgan fingerprint density at radius 1 is 1.38 bits per heavy atom. The zero-order valence-electron chi connectivity index (χ0n) is 14.4. The quantitative estimate of drug-likeness (QED) is 0.715. The second-order valence-electron chi connectivity index (χ2n) is 5.80. The molecule has 0 radical (unpaired) electrons. The summed E-state index contributed by atoms with van der Waals surface area (Å²) in [5.41, 5.74) is 0.607. The molecule has 0 aliphatic carbocycles. The van der Waals surface area contributed by atoms with Crippen molar-refractivity contribution in [2.24, 2.45) is 0 Å². The van der Waals surface area contributed by atoms with Gasteiger partial charge in [0.05, 0.1) is 12.2 Å². The summed E-state index contributed by atoms with van der Waals surface area (Å²) in [4.78, 5) is 30.8. The summed E-state index contributed by atoms with van der Waals surface area (Å²) in [6.07, 6.45) is 1.62. The van der Waals surface area contributed by atoms with Crippen LogP contribution in [-0.4, -0.2) is 34.1 Å². The largest absolute Gasteiger partial charge is 0.340 e. The first-order valence-corrected chi connectivity index (χ1v) is 8.95. The molecular weight excluding hydrogens is 357 g/mol. The minimum atomic E-state index is -0.498. The van der Waals surface area contributed by atoms with Crippen LogP contribution in [0.1, 0.15) is 19.0 Å². The van der Waals surface area contributed by atoms with E-state index in [9.17, 15) is 14.0 Å². The lowest BCUT2D eigenvalue weighted by Gasteiger charge is -2.14. The highest BCUT2D eigenvalue weighted by molar-refractivity contribution is 7.20. The molecule has 2 aromatic heterocycles. The lowest BCUT2D eigenvalue weighted by molar-refractivity contribution is -0.114. The molecule has 7 nitrogen and oxygen atoms in total. The topological polar surface area (TPSA) is 79.6 Å². The molecule has 0 unspecified atom stereocenters. The van der Waals surface area contributed by atoms with Crippen molar-refractivity contribution >= 4 is 33.0 Å². The molecule has 0 aliphatic rings. The Labute approximate surface area is 153 Å². The number of fused-ring (bicyclic) bond motifs is 1. The summed E-state index contributed by atoms with van der Waals surface area (Å²) < 4.78 is 14.8. The molecule has 1 N–H and O–H groups in total. The third kappa shape index (κ3) is 3.88. The van der Waals surface area contributed by atoms with Gasteiger partial charge in [0.2, 0.25) is 16.0 Å². The third-order valence-corrected chi connectivity index (χ3v) is 4.67. The van der Waals surface area contributed by atoms with Gasteiger partial charge in [-0.05, 0) is 18.6 Å². The molecule has 0 atom stereocenters. The Kier molecular flexibility index (Phi) is 5.27. The minimum Gasteiger partial charge on any atom is -0.340 e. The number of nitrogens with zero attached hydrogens (tertiary/aromatic N) is 4. The summed E-state index contributed by atoms with van der Waals surface area (Å²) >= 11 is 1.22. The van der Waals surface area contributed by atoms with E-state index in [1.807, 2.05) is 6.92 Å². The van der Waals surface area contributed by atoms with Crippen LogP contribution in [-0.2, 0) is 11.2 Å². The van der Waals surface area contributed by atoms with Crippen molar-refractivity contribution in [3.63, 3.8) is 0 Å². The maximum absolute atomic E-state index is 13.6. The average Bonchev–Trinajstić information content (AvgIpc) is 3.02. The van der Waals surface area contributed by atoms with Gasteiger partial charge in [-0.25, -0.2) is 9.37 Å². The molecule has 26 heavy (non-hydrogen) atoms. The molecule has 2 heterocycles. The highest BCUT2D eigenvalue weighted by Crippen LogP contribution is 2.20. The van der Waals surface area contributed by atoms with Crippen molar-refractivity contribution in [1.29, 1.82) is 0 Å². The lowest BCUT2D eigenvalue weighted by Crippen LogP contribution is -2.30. The fraction of sp³-hybridized carbons (Fsp3) is 0.294. The summed E-state index contributed by atoms with van der Waals surface area (Å²) in [6.45, 7) is 1.98. The molecule has 0 aliphatic heterocycles. The van der Waals surface area contributed by atoms with Gasteiger partial charge in [-0.15, -0.1) is 5.10 Å². The first kappa shape index (κ1) is 18.0. The van der Waals surface area contributed by atoms with E-state index in [0.29, 0.717) is 10.1 Å². The van der Waals surface area contributed by atoms with E-state index < -0.39 is 5.82 Å². The van der Waals surface area contributed by atoms with Gasteiger partial charge in [0.15, 0.2) is 0 Å². The number of hydrogen-bond donors (Lipinski definition) is 1. The van der Waals surface area contributed by atoms with Gasteiger partial charge < -0.3 is 10.2 Å². The molecular formula is C17H18FN5O2S. The number of rotatable bonds is 6. The van der Waals surface area contributed by atoms with Crippen molar-refractivity contribution in [2.75, 3.05) is 23.8 Å². The number of hydrogen-bond acceptors (Lipinski definition) is 6. The number of amides is 1. The number of carbonyl (C=O) groups excluding carboxylic acids is 1. The van der Waals surface area contributed by atoms with Crippen LogP contribution in [0, 0.1) is 5.82 Å². The Hall–Kier alpha value is -2.81. The highest BCUT2D eigenvalue weighted by atomic mass is 32.1. The number of likely N-dealkylation sites (N-methyl/N-ethyl adjacent to an activating group) is 1. The SMILES string of the molecule is CCCc1cc(=O)n2nc(N(C)CC(=O)Nc3ccccc3F)sc2n1.